The van der Waals surface area contributed by atoms with E-state index < -0.39 is 12.5 Å². The van der Waals surface area contributed by atoms with Crippen molar-refractivity contribution < 1.29 is 17.9 Å². The third-order valence-electron chi connectivity index (χ3n) is 1.97. The zero-order valence-corrected chi connectivity index (χ0v) is 6.60. The van der Waals surface area contributed by atoms with E-state index in [9.17, 15) is 13.2 Å². The largest absolute Gasteiger partial charge is 0.522 e. The van der Waals surface area contributed by atoms with Crippen LogP contribution in [0.3, 0.4) is 0 Å². The van der Waals surface area contributed by atoms with Crippen molar-refractivity contribution in [2.75, 3.05) is 0 Å². The van der Waals surface area contributed by atoms with E-state index in [-0.39, 0.29) is 6.04 Å². The summed E-state index contributed by atoms with van der Waals surface area (Å²) in [6.07, 6.45) is -2.93. The summed E-state index contributed by atoms with van der Waals surface area (Å²) in [6, 6.07) is -0.133. The predicted octanol–water partition coefficient (Wildman–Crippen LogP) is 1.79. The number of rotatable bonds is 1. The molecular formula is C7H12F3NO. The van der Waals surface area contributed by atoms with Gasteiger partial charge in [-0.3, -0.25) is 4.74 Å². The Morgan fingerprint density at radius 1 is 1.25 bits per heavy atom. The first-order valence-corrected chi connectivity index (χ1v) is 3.97. The minimum Gasteiger partial charge on any atom is -0.328 e. The van der Waals surface area contributed by atoms with Gasteiger partial charge in [-0.25, -0.2) is 0 Å². The van der Waals surface area contributed by atoms with E-state index >= 15 is 0 Å². The van der Waals surface area contributed by atoms with Gasteiger partial charge in [0, 0.05) is 6.04 Å². The molecule has 1 aliphatic rings. The Bertz CT molecular complexity index is 148. The molecule has 1 saturated carbocycles. The van der Waals surface area contributed by atoms with Crippen LogP contribution < -0.4 is 5.73 Å². The van der Waals surface area contributed by atoms with Crippen molar-refractivity contribution in [3.63, 3.8) is 0 Å². The molecule has 0 saturated heterocycles. The lowest BCUT2D eigenvalue weighted by Gasteiger charge is -2.27. The molecular weight excluding hydrogens is 171 g/mol. The van der Waals surface area contributed by atoms with E-state index in [0.29, 0.717) is 12.8 Å². The number of ether oxygens (including phenoxy) is 1. The van der Waals surface area contributed by atoms with E-state index in [4.69, 9.17) is 5.73 Å². The fraction of sp³-hybridized carbons (Fsp3) is 1.00. The van der Waals surface area contributed by atoms with Gasteiger partial charge in [0.2, 0.25) is 0 Å². The van der Waals surface area contributed by atoms with Crippen LogP contribution in [0.5, 0.6) is 0 Å². The number of halogens is 3. The molecule has 2 atom stereocenters. The van der Waals surface area contributed by atoms with Crippen LogP contribution in [0.1, 0.15) is 25.7 Å². The van der Waals surface area contributed by atoms with Crippen molar-refractivity contribution in [2.24, 2.45) is 5.73 Å². The normalized spacial score (nSPS) is 32.0. The lowest BCUT2D eigenvalue weighted by molar-refractivity contribution is -0.345. The van der Waals surface area contributed by atoms with Gasteiger partial charge in [0.1, 0.15) is 0 Å². The quantitative estimate of drug-likeness (QED) is 0.672. The number of alkyl halides is 3. The smallest absolute Gasteiger partial charge is 0.328 e. The van der Waals surface area contributed by atoms with Gasteiger partial charge < -0.3 is 5.73 Å². The molecule has 2 N–H and O–H groups in total. The van der Waals surface area contributed by atoms with Crippen molar-refractivity contribution in [3.05, 3.63) is 0 Å². The third-order valence-corrected chi connectivity index (χ3v) is 1.97. The van der Waals surface area contributed by atoms with Crippen LogP contribution in [0, 0.1) is 0 Å². The van der Waals surface area contributed by atoms with E-state index in [1.54, 1.807) is 0 Å². The molecule has 0 aromatic heterocycles. The van der Waals surface area contributed by atoms with Gasteiger partial charge in [-0.2, -0.15) is 0 Å². The van der Waals surface area contributed by atoms with Crippen LogP contribution in [0.4, 0.5) is 13.2 Å². The standard InChI is InChI=1S/C7H12F3NO/c8-7(9,10)12-6-3-1-2-5(11)4-6/h5-6H,1-4,11H2/t5-,6-/m0/s1. The Hall–Kier alpha value is -0.290. The molecule has 5 heteroatoms. The maximum Gasteiger partial charge on any atom is 0.522 e. The number of hydrogen-bond acceptors (Lipinski definition) is 2. The topological polar surface area (TPSA) is 35.2 Å². The van der Waals surface area contributed by atoms with Gasteiger partial charge >= 0.3 is 6.36 Å². The second kappa shape index (κ2) is 3.62. The zero-order chi connectivity index (χ0) is 9.19. The summed E-state index contributed by atoms with van der Waals surface area (Å²) in [5, 5.41) is 0. The lowest BCUT2D eigenvalue weighted by atomic mass is 9.94. The molecule has 0 aromatic carbocycles. The van der Waals surface area contributed by atoms with E-state index in [2.05, 4.69) is 4.74 Å². The Morgan fingerprint density at radius 2 is 1.92 bits per heavy atom. The maximum absolute atomic E-state index is 11.7. The molecule has 12 heavy (non-hydrogen) atoms. The van der Waals surface area contributed by atoms with Crippen molar-refractivity contribution in [2.45, 2.75) is 44.2 Å². The van der Waals surface area contributed by atoms with Crippen LogP contribution in [0.15, 0.2) is 0 Å². The molecule has 0 unspecified atom stereocenters. The monoisotopic (exact) mass is 183 g/mol. The summed E-state index contributed by atoms with van der Waals surface area (Å²) in [6.45, 7) is 0. The second-order valence-electron chi connectivity index (χ2n) is 3.11. The average molecular weight is 183 g/mol. The molecule has 0 spiro atoms. The Kier molecular flexibility index (Phi) is 2.95. The lowest BCUT2D eigenvalue weighted by Crippen LogP contribution is -2.35. The second-order valence-corrected chi connectivity index (χ2v) is 3.11. The highest BCUT2D eigenvalue weighted by atomic mass is 19.4. The number of nitrogens with two attached hydrogens (primary N) is 1. The molecule has 72 valence electrons. The highest BCUT2D eigenvalue weighted by Crippen LogP contribution is 2.27. The highest BCUT2D eigenvalue weighted by molar-refractivity contribution is 4.75. The van der Waals surface area contributed by atoms with Crippen molar-refractivity contribution in [1.82, 2.24) is 0 Å². The molecule has 1 aliphatic carbocycles. The summed E-state index contributed by atoms with van der Waals surface area (Å²) >= 11 is 0. The van der Waals surface area contributed by atoms with Gasteiger partial charge in [-0.05, 0) is 25.7 Å². The van der Waals surface area contributed by atoms with Gasteiger partial charge in [-0.1, -0.05) is 0 Å². The summed E-state index contributed by atoms with van der Waals surface area (Å²) in [4.78, 5) is 0. The summed E-state index contributed by atoms with van der Waals surface area (Å²) < 4.78 is 39.0. The SMILES string of the molecule is N[C@H]1CCC[C@H](OC(F)(F)F)C1. The molecule has 2 nitrogen and oxygen atoms in total. The van der Waals surface area contributed by atoms with E-state index in [0.717, 1.165) is 12.8 Å². The molecule has 0 bridgehead atoms. The molecule has 1 rings (SSSR count). The van der Waals surface area contributed by atoms with Crippen LogP contribution >= 0.6 is 0 Å². The summed E-state index contributed by atoms with van der Waals surface area (Å²) in [7, 11) is 0. The average Bonchev–Trinajstić information content (AvgIpc) is 1.82. The Balaban J connectivity index is 2.32. The minimum absolute atomic E-state index is 0.133. The summed E-state index contributed by atoms with van der Waals surface area (Å²) in [5.74, 6) is 0. The van der Waals surface area contributed by atoms with Crippen LogP contribution in [0.25, 0.3) is 0 Å². The summed E-state index contributed by atoms with van der Waals surface area (Å²) in [5.41, 5.74) is 5.50. The van der Waals surface area contributed by atoms with E-state index in [1.807, 2.05) is 0 Å². The zero-order valence-electron chi connectivity index (χ0n) is 6.60. The molecule has 0 heterocycles. The molecule has 0 aliphatic heterocycles. The first-order chi connectivity index (χ1) is 5.47. The highest BCUT2D eigenvalue weighted by Gasteiger charge is 2.35. The van der Waals surface area contributed by atoms with E-state index in [1.165, 1.54) is 0 Å². The van der Waals surface area contributed by atoms with Crippen LogP contribution in [0.2, 0.25) is 0 Å². The van der Waals surface area contributed by atoms with Crippen LogP contribution in [-0.2, 0) is 4.74 Å². The third kappa shape index (κ3) is 3.40. The van der Waals surface area contributed by atoms with Gasteiger partial charge in [0.15, 0.2) is 0 Å². The number of hydrogen-bond donors (Lipinski definition) is 1. The van der Waals surface area contributed by atoms with Crippen molar-refractivity contribution in [1.29, 1.82) is 0 Å². The van der Waals surface area contributed by atoms with Crippen LogP contribution in [-0.4, -0.2) is 18.5 Å². The predicted molar refractivity (Wildman–Crippen MR) is 37.4 cm³/mol. The Morgan fingerprint density at radius 3 is 2.42 bits per heavy atom. The van der Waals surface area contributed by atoms with Gasteiger partial charge in [-0.15, -0.1) is 13.2 Å². The molecule has 1 fully saturated rings. The first kappa shape index (κ1) is 9.80. The van der Waals surface area contributed by atoms with Crippen molar-refractivity contribution in [3.8, 4) is 0 Å². The molecule has 0 amide bonds. The molecule has 0 radical (unpaired) electrons. The van der Waals surface area contributed by atoms with Gasteiger partial charge in [0.05, 0.1) is 6.10 Å². The molecule has 0 aromatic rings. The fourth-order valence-corrected chi connectivity index (χ4v) is 1.48. The Labute approximate surface area is 68.9 Å². The minimum atomic E-state index is -4.51. The maximum atomic E-state index is 11.7. The fourth-order valence-electron chi connectivity index (χ4n) is 1.48. The first-order valence-electron chi connectivity index (χ1n) is 3.97. The van der Waals surface area contributed by atoms with Crippen molar-refractivity contribution >= 4 is 0 Å². The van der Waals surface area contributed by atoms with Gasteiger partial charge in [0.25, 0.3) is 0 Å².